The van der Waals surface area contributed by atoms with Crippen molar-refractivity contribution in [1.82, 2.24) is 36.1 Å². The van der Waals surface area contributed by atoms with Crippen molar-refractivity contribution >= 4 is 35.3 Å². The Morgan fingerprint density at radius 1 is 0.875 bits per heavy atom. The van der Waals surface area contributed by atoms with Crippen LogP contribution in [-0.4, -0.2) is 86.9 Å². The Kier molecular flexibility index (Phi) is 12.8. The first-order valence-corrected chi connectivity index (χ1v) is 17.2. The van der Waals surface area contributed by atoms with Crippen molar-refractivity contribution in [1.29, 1.82) is 0 Å². The van der Waals surface area contributed by atoms with Gasteiger partial charge in [-0.3, -0.25) is 33.8 Å². The van der Waals surface area contributed by atoms with Gasteiger partial charge in [-0.1, -0.05) is 68.2 Å². The summed E-state index contributed by atoms with van der Waals surface area (Å²) in [5, 5.41) is 11.1. The lowest BCUT2D eigenvalue weighted by molar-refractivity contribution is -0.146. The third-order valence-electron chi connectivity index (χ3n) is 9.10. The van der Waals surface area contributed by atoms with Crippen LogP contribution in [0, 0.1) is 22.7 Å². The second-order valence-corrected chi connectivity index (χ2v) is 15.4. The summed E-state index contributed by atoms with van der Waals surface area (Å²) in [4.78, 5) is 90.4. The van der Waals surface area contributed by atoms with Crippen LogP contribution in [0.4, 0.5) is 0 Å². The molecule has 0 radical (unpaired) electrons. The Hall–Kier alpha value is -3.90. The first-order chi connectivity index (χ1) is 22.4. The summed E-state index contributed by atoms with van der Waals surface area (Å²) in [6.45, 7) is 16.8. The lowest BCUT2D eigenvalue weighted by Gasteiger charge is -2.38. The molecule has 48 heavy (non-hydrogen) atoms. The Morgan fingerprint density at radius 2 is 1.50 bits per heavy atom. The zero-order chi connectivity index (χ0) is 36.0. The monoisotopic (exact) mass is 669 g/mol. The van der Waals surface area contributed by atoms with Gasteiger partial charge < -0.3 is 26.2 Å². The van der Waals surface area contributed by atoms with Crippen LogP contribution in [0.25, 0.3) is 0 Å². The smallest absolute Gasteiger partial charge is 0.289 e. The molecule has 1 aromatic rings. The molecule has 4 N–H and O–H groups in total. The third kappa shape index (κ3) is 9.82. The maximum Gasteiger partial charge on any atom is 0.289 e. The van der Waals surface area contributed by atoms with Crippen LogP contribution in [0.5, 0.6) is 0 Å². The fourth-order valence-electron chi connectivity index (χ4n) is 6.34. The minimum atomic E-state index is -1.08. The van der Waals surface area contributed by atoms with Gasteiger partial charge in [0.2, 0.25) is 23.5 Å². The van der Waals surface area contributed by atoms with Gasteiger partial charge in [-0.2, -0.15) is 0 Å². The van der Waals surface area contributed by atoms with E-state index in [4.69, 9.17) is 0 Å². The first-order valence-electron chi connectivity index (χ1n) is 17.2. The highest BCUT2D eigenvalue weighted by Gasteiger charge is 2.50. The largest absolute Gasteiger partial charge is 0.347 e. The van der Waals surface area contributed by atoms with Gasteiger partial charge in [-0.15, -0.1) is 0 Å². The zero-order valence-electron chi connectivity index (χ0n) is 30.0. The van der Waals surface area contributed by atoms with E-state index in [1.54, 1.807) is 25.7 Å². The van der Waals surface area contributed by atoms with Crippen LogP contribution in [0.1, 0.15) is 111 Å². The van der Waals surface area contributed by atoms with E-state index < -0.39 is 70.3 Å². The molecule has 0 bridgehead atoms. The van der Waals surface area contributed by atoms with E-state index in [9.17, 15) is 28.8 Å². The van der Waals surface area contributed by atoms with E-state index in [0.717, 1.165) is 32.1 Å². The number of carbonyl (C=O) groups is 6. The Morgan fingerprint density at radius 3 is 2.02 bits per heavy atom. The highest BCUT2D eigenvalue weighted by Crippen LogP contribution is 2.38. The predicted molar refractivity (Wildman–Crippen MR) is 180 cm³/mol. The Bertz CT molecular complexity index is 1330. The number of Topliss-reactive ketones (excluding diaryl/α,β-unsaturated/α-hetero) is 1. The van der Waals surface area contributed by atoms with E-state index in [0.29, 0.717) is 13.0 Å². The quantitative estimate of drug-likeness (QED) is 0.218. The van der Waals surface area contributed by atoms with Gasteiger partial charge in [0.1, 0.15) is 23.8 Å². The highest BCUT2D eigenvalue weighted by molar-refractivity contribution is 6.38. The Balaban J connectivity index is 1.91. The molecule has 1 aromatic heterocycles. The number of hydrogen-bond donors (Lipinski definition) is 4. The van der Waals surface area contributed by atoms with Gasteiger partial charge in [0.15, 0.2) is 0 Å². The molecule has 2 aliphatic rings. The SMILES string of the molecule is CCC[C@H]1CN(C(=O)[C@@H](NC(=O)[C@@H](NC(=O)c2cnccn2)C(C)(C)C)C(C)(C)C)[C@H](C(=O)N[C@@H](C)C(=O)C(=O)NC2CC2)[C@H]1CCC. The minimum absolute atomic E-state index is 0.00112. The molecule has 1 aliphatic heterocycles. The number of nitrogens with zero attached hydrogens (tertiary/aromatic N) is 3. The van der Waals surface area contributed by atoms with Gasteiger partial charge in [0, 0.05) is 25.0 Å². The summed E-state index contributed by atoms with van der Waals surface area (Å²) in [6, 6.07) is -4.06. The summed E-state index contributed by atoms with van der Waals surface area (Å²) in [6.07, 6.45) is 8.90. The van der Waals surface area contributed by atoms with Crippen molar-refractivity contribution in [2.24, 2.45) is 22.7 Å². The second-order valence-electron chi connectivity index (χ2n) is 15.4. The summed E-state index contributed by atoms with van der Waals surface area (Å²) < 4.78 is 0. The van der Waals surface area contributed by atoms with Crippen molar-refractivity contribution in [2.75, 3.05) is 6.54 Å². The third-order valence-corrected chi connectivity index (χ3v) is 9.10. The average Bonchev–Trinajstić information content (AvgIpc) is 3.76. The molecule has 1 saturated carbocycles. The topological polar surface area (TPSA) is 180 Å². The van der Waals surface area contributed by atoms with Crippen molar-refractivity contribution < 1.29 is 28.8 Å². The molecule has 0 spiro atoms. The maximum absolute atomic E-state index is 14.6. The molecule has 0 unspecified atom stereocenters. The molecule has 0 aromatic carbocycles. The van der Waals surface area contributed by atoms with Crippen LogP contribution in [0.15, 0.2) is 18.6 Å². The molecule has 2 fully saturated rings. The van der Waals surface area contributed by atoms with E-state index in [2.05, 4.69) is 38.2 Å². The molecule has 1 saturated heterocycles. The van der Waals surface area contributed by atoms with Gasteiger partial charge in [0.05, 0.1) is 12.2 Å². The van der Waals surface area contributed by atoms with Crippen molar-refractivity contribution in [3.8, 4) is 0 Å². The van der Waals surface area contributed by atoms with Crippen LogP contribution in [0.2, 0.25) is 0 Å². The van der Waals surface area contributed by atoms with E-state index in [1.165, 1.54) is 25.5 Å². The number of hydrogen-bond acceptors (Lipinski definition) is 8. The number of amides is 5. The number of nitrogens with one attached hydrogen (secondary N) is 4. The molecule has 13 heteroatoms. The van der Waals surface area contributed by atoms with Gasteiger partial charge in [0.25, 0.3) is 11.8 Å². The molecule has 3 rings (SSSR count). The van der Waals surface area contributed by atoms with Crippen molar-refractivity contribution in [3.63, 3.8) is 0 Å². The fraction of sp³-hybridized carbons (Fsp3) is 0.714. The standard InChI is InChI=1S/C35H55N7O6/c1-10-12-21-19-42(25(23(21)13-11-2)30(45)38-20(3)26(43)31(46)39-22-14-15-22)33(48)28(35(7,8)9)41-32(47)27(34(4,5)6)40-29(44)24-18-36-16-17-37-24/h16-18,20-23,25,27-28H,10-15,19H2,1-9H3,(H,38,45)(H,39,46)(H,40,44)(H,41,47)/t20-,21-,23-,25-,27+,28+/m0/s1. The zero-order valence-corrected chi connectivity index (χ0v) is 30.0. The number of likely N-dealkylation sites (tertiary alicyclic amines) is 1. The van der Waals surface area contributed by atoms with E-state index in [1.807, 2.05) is 27.7 Å². The van der Waals surface area contributed by atoms with Gasteiger partial charge >= 0.3 is 0 Å². The second kappa shape index (κ2) is 16.0. The molecular formula is C35H55N7O6. The van der Waals surface area contributed by atoms with Crippen molar-refractivity contribution in [3.05, 3.63) is 24.3 Å². The summed E-state index contributed by atoms with van der Waals surface area (Å²) >= 11 is 0. The van der Waals surface area contributed by atoms with Crippen LogP contribution >= 0.6 is 0 Å². The van der Waals surface area contributed by atoms with Crippen LogP contribution in [0.3, 0.4) is 0 Å². The Labute approximate surface area is 284 Å². The number of ketones is 1. The number of aromatic nitrogens is 2. The van der Waals surface area contributed by atoms with Crippen LogP contribution < -0.4 is 21.3 Å². The van der Waals surface area contributed by atoms with Gasteiger partial charge in [-0.25, -0.2) is 4.98 Å². The predicted octanol–water partition coefficient (Wildman–Crippen LogP) is 2.55. The lowest BCUT2D eigenvalue weighted by Crippen LogP contribution is -2.63. The maximum atomic E-state index is 14.6. The van der Waals surface area contributed by atoms with Crippen LogP contribution in [-0.2, 0) is 24.0 Å². The molecule has 6 atom stereocenters. The van der Waals surface area contributed by atoms with E-state index >= 15 is 0 Å². The highest BCUT2D eigenvalue weighted by atomic mass is 16.2. The number of carbonyl (C=O) groups excluding carboxylic acids is 6. The average molecular weight is 670 g/mol. The lowest BCUT2D eigenvalue weighted by atomic mass is 9.82. The van der Waals surface area contributed by atoms with E-state index in [-0.39, 0.29) is 23.6 Å². The first kappa shape index (κ1) is 38.5. The molecule has 266 valence electrons. The summed E-state index contributed by atoms with van der Waals surface area (Å²) in [5.41, 5.74) is -1.47. The molecule has 2 heterocycles. The fourth-order valence-corrected chi connectivity index (χ4v) is 6.34. The summed E-state index contributed by atoms with van der Waals surface area (Å²) in [7, 11) is 0. The molecule has 5 amide bonds. The van der Waals surface area contributed by atoms with Gasteiger partial charge in [-0.05, 0) is 55.3 Å². The summed E-state index contributed by atoms with van der Waals surface area (Å²) in [5.74, 6) is -3.65. The minimum Gasteiger partial charge on any atom is -0.347 e. The normalized spacial score (nSPS) is 21.4. The molecular weight excluding hydrogens is 614 g/mol. The number of rotatable bonds is 14. The van der Waals surface area contributed by atoms with Crippen molar-refractivity contribution in [2.45, 2.75) is 131 Å². The molecule has 1 aliphatic carbocycles. The molecule has 13 nitrogen and oxygen atoms in total.